The predicted octanol–water partition coefficient (Wildman–Crippen LogP) is 1.72. The Balaban J connectivity index is 2.17. The molecule has 1 aromatic carbocycles. The lowest BCUT2D eigenvalue weighted by atomic mass is 10.1. The highest BCUT2D eigenvalue weighted by atomic mass is 32.2. The van der Waals surface area contributed by atoms with Crippen LogP contribution < -0.4 is 10.5 Å². The van der Waals surface area contributed by atoms with E-state index in [1.54, 1.807) is 13.0 Å². The second-order valence-electron chi connectivity index (χ2n) is 4.58. The topological polar surface area (TPSA) is 85.1 Å². The maximum Gasteiger partial charge on any atom is 0.242 e. The average Bonchev–Trinajstić information content (AvgIpc) is 2.47. The molecule has 0 radical (unpaired) electrons. The molecule has 21 heavy (non-hydrogen) atoms. The first-order valence-electron chi connectivity index (χ1n) is 6.35. The van der Waals surface area contributed by atoms with Gasteiger partial charge in [-0.3, -0.25) is 4.98 Å². The minimum atomic E-state index is -3.69. The zero-order chi connectivity index (χ0) is 15.5. The summed E-state index contributed by atoms with van der Waals surface area (Å²) < 4.78 is 39.8. The van der Waals surface area contributed by atoms with Gasteiger partial charge in [0.2, 0.25) is 10.0 Å². The Kier molecular flexibility index (Phi) is 4.66. The minimum absolute atomic E-state index is 0.0636. The van der Waals surface area contributed by atoms with Gasteiger partial charge in [-0.15, -0.1) is 0 Å². The lowest BCUT2D eigenvalue weighted by Crippen LogP contribution is -2.27. The third-order valence-corrected chi connectivity index (χ3v) is 4.54. The van der Waals surface area contributed by atoms with Crippen LogP contribution in [0.1, 0.15) is 24.2 Å². The standard InChI is InChI=1S/C14H16FN3O2S/c1-10(11-2-4-12(15)5-3-11)18-21(19,20)14-7-6-13(8-16)17-9-14/h2-7,9-10,18H,8,16H2,1H3. The zero-order valence-electron chi connectivity index (χ0n) is 11.5. The van der Waals surface area contributed by atoms with Crippen LogP contribution in [-0.4, -0.2) is 13.4 Å². The fraction of sp³-hybridized carbons (Fsp3) is 0.214. The highest BCUT2D eigenvalue weighted by Crippen LogP contribution is 2.17. The summed E-state index contributed by atoms with van der Waals surface area (Å²) in [6.45, 7) is 1.94. The van der Waals surface area contributed by atoms with Gasteiger partial charge < -0.3 is 5.73 Å². The Morgan fingerprint density at radius 1 is 1.24 bits per heavy atom. The Labute approximate surface area is 123 Å². The first kappa shape index (κ1) is 15.6. The van der Waals surface area contributed by atoms with Gasteiger partial charge in [-0.2, -0.15) is 0 Å². The number of nitrogens with two attached hydrogens (primary N) is 1. The molecule has 0 bridgehead atoms. The quantitative estimate of drug-likeness (QED) is 0.880. The molecule has 5 nitrogen and oxygen atoms in total. The molecule has 0 saturated carbocycles. The summed E-state index contributed by atoms with van der Waals surface area (Å²) in [6, 6.07) is 8.20. The molecule has 0 aliphatic carbocycles. The zero-order valence-corrected chi connectivity index (χ0v) is 12.3. The molecule has 0 fully saturated rings. The van der Waals surface area contributed by atoms with Crippen LogP contribution in [0.25, 0.3) is 0 Å². The largest absolute Gasteiger partial charge is 0.325 e. The Morgan fingerprint density at radius 2 is 1.90 bits per heavy atom. The summed E-state index contributed by atoms with van der Waals surface area (Å²) in [5, 5.41) is 0. The van der Waals surface area contributed by atoms with E-state index in [0.717, 1.165) is 0 Å². The molecule has 1 aromatic heterocycles. The summed E-state index contributed by atoms with van der Waals surface area (Å²) in [7, 11) is -3.69. The number of aromatic nitrogens is 1. The van der Waals surface area contributed by atoms with E-state index in [1.165, 1.54) is 36.5 Å². The van der Waals surface area contributed by atoms with Gasteiger partial charge in [0.05, 0.1) is 5.69 Å². The number of nitrogens with one attached hydrogen (secondary N) is 1. The van der Waals surface area contributed by atoms with Crippen LogP contribution >= 0.6 is 0 Å². The summed E-state index contributed by atoms with van der Waals surface area (Å²) in [5.41, 5.74) is 6.70. The van der Waals surface area contributed by atoms with Crippen LogP contribution in [0.3, 0.4) is 0 Å². The molecular formula is C14H16FN3O2S. The Bertz CT molecular complexity index is 700. The molecule has 112 valence electrons. The van der Waals surface area contributed by atoms with Gasteiger partial charge in [0.25, 0.3) is 0 Å². The highest BCUT2D eigenvalue weighted by molar-refractivity contribution is 7.89. The van der Waals surface area contributed by atoms with Crippen molar-refractivity contribution in [3.05, 3.63) is 59.7 Å². The molecule has 1 heterocycles. The number of hydrogen-bond donors (Lipinski definition) is 2. The second-order valence-corrected chi connectivity index (χ2v) is 6.30. The number of benzene rings is 1. The third-order valence-electron chi connectivity index (χ3n) is 3.02. The van der Waals surface area contributed by atoms with Crippen molar-refractivity contribution in [2.45, 2.75) is 24.4 Å². The normalized spacial score (nSPS) is 13.1. The van der Waals surface area contributed by atoms with Gasteiger partial charge in [0, 0.05) is 18.8 Å². The molecule has 0 aliphatic rings. The van der Waals surface area contributed by atoms with E-state index in [2.05, 4.69) is 9.71 Å². The second kappa shape index (κ2) is 6.30. The van der Waals surface area contributed by atoms with Gasteiger partial charge >= 0.3 is 0 Å². The van der Waals surface area contributed by atoms with Crippen molar-refractivity contribution in [3.8, 4) is 0 Å². The first-order valence-corrected chi connectivity index (χ1v) is 7.83. The summed E-state index contributed by atoms with van der Waals surface area (Å²) in [5.74, 6) is -0.365. The van der Waals surface area contributed by atoms with Crippen molar-refractivity contribution in [3.63, 3.8) is 0 Å². The van der Waals surface area contributed by atoms with Gasteiger partial charge in [0.15, 0.2) is 0 Å². The number of nitrogens with zero attached hydrogens (tertiary/aromatic N) is 1. The molecule has 0 aliphatic heterocycles. The molecule has 7 heteroatoms. The SMILES string of the molecule is CC(NS(=O)(=O)c1ccc(CN)nc1)c1ccc(F)cc1. The monoisotopic (exact) mass is 309 g/mol. The van der Waals surface area contributed by atoms with E-state index in [4.69, 9.17) is 5.73 Å². The molecule has 0 spiro atoms. The molecule has 1 atom stereocenters. The van der Waals surface area contributed by atoms with Crippen LogP contribution in [0.4, 0.5) is 4.39 Å². The summed E-state index contributed by atoms with van der Waals surface area (Å²) in [6.07, 6.45) is 1.27. The fourth-order valence-electron chi connectivity index (χ4n) is 1.81. The lowest BCUT2D eigenvalue weighted by molar-refractivity contribution is 0.566. The molecule has 2 aromatic rings. The lowest BCUT2D eigenvalue weighted by Gasteiger charge is -2.14. The van der Waals surface area contributed by atoms with E-state index >= 15 is 0 Å². The Hall–Kier alpha value is -1.83. The van der Waals surface area contributed by atoms with Crippen LogP contribution in [0.15, 0.2) is 47.5 Å². The highest BCUT2D eigenvalue weighted by Gasteiger charge is 2.18. The fourth-order valence-corrected chi connectivity index (χ4v) is 2.99. The third kappa shape index (κ3) is 3.84. The van der Waals surface area contributed by atoms with E-state index in [0.29, 0.717) is 11.3 Å². The first-order chi connectivity index (χ1) is 9.92. The van der Waals surface area contributed by atoms with Crippen LogP contribution in [0.5, 0.6) is 0 Å². The van der Waals surface area contributed by atoms with Gasteiger partial charge in [-0.1, -0.05) is 12.1 Å². The van der Waals surface area contributed by atoms with E-state index in [-0.39, 0.29) is 17.3 Å². The number of pyridine rings is 1. The summed E-state index contributed by atoms with van der Waals surface area (Å²) in [4.78, 5) is 4.02. The molecular weight excluding hydrogens is 293 g/mol. The van der Waals surface area contributed by atoms with Gasteiger partial charge in [-0.25, -0.2) is 17.5 Å². The van der Waals surface area contributed by atoms with E-state index < -0.39 is 16.1 Å². The molecule has 3 N–H and O–H groups in total. The van der Waals surface area contributed by atoms with Crippen molar-refractivity contribution in [2.24, 2.45) is 5.73 Å². The molecule has 1 unspecified atom stereocenters. The van der Waals surface area contributed by atoms with Gasteiger partial charge in [-0.05, 0) is 36.8 Å². The van der Waals surface area contributed by atoms with Gasteiger partial charge in [0.1, 0.15) is 10.7 Å². The van der Waals surface area contributed by atoms with Crippen LogP contribution in [-0.2, 0) is 16.6 Å². The smallest absolute Gasteiger partial charge is 0.242 e. The van der Waals surface area contributed by atoms with Crippen LogP contribution in [0.2, 0.25) is 0 Å². The van der Waals surface area contributed by atoms with Crippen molar-refractivity contribution in [2.75, 3.05) is 0 Å². The molecule has 2 rings (SSSR count). The maximum atomic E-state index is 12.9. The minimum Gasteiger partial charge on any atom is -0.325 e. The average molecular weight is 309 g/mol. The number of rotatable bonds is 5. The van der Waals surface area contributed by atoms with Crippen LogP contribution in [0, 0.1) is 5.82 Å². The molecule has 0 saturated heterocycles. The number of halogens is 1. The molecule has 0 amide bonds. The summed E-state index contributed by atoms with van der Waals surface area (Å²) >= 11 is 0. The van der Waals surface area contributed by atoms with E-state index in [9.17, 15) is 12.8 Å². The Morgan fingerprint density at radius 3 is 2.43 bits per heavy atom. The van der Waals surface area contributed by atoms with Crippen molar-refractivity contribution in [1.29, 1.82) is 0 Å². The maximum absolute atomic E-state index is 12.9. The van der Waals surface area contributed by atoms with E-state index in [1.807, 2.05) is 0 Å². The van der Waals surface area contributed by atoms with Crippen molar-refractivity contribution >= 4 is 10.0 Å². The number of hydrogen-bond acceptors (Lipinski definition) is 4. The van der Waals surface area contributed by atoms with Crippen molar-refractivity contribution < 1.29 is 12.8 Å². The number of sulfonamides is 1. The predicted molar refractivity (Wildman–Crippen MR) is 77.3 cm³/mol. The van der Waals surface area contributed by atoms with Crippen molar-refractivity contribution in [1.82, 2.24) is 9.71 Å².